The van der Waals surface area contributed by atoms with Crippen LogP contribution in [0.1, 0.15) is 41.5 Å². The maximum Gasteiger partial charge on any atom is 0.163 e. The maximum absolute atomic E-state index is 13.8. The number of ketones is 1. The first kappa shape index (κ1) is 23.9. The van der Waals surface area contributed by atoms with E-state index in [0.29, 0.717) is 13.0 Å². The van der Waals surface area contributed by atoms with Crippen LogP contribution >= 0.6 is 0 Å². The third kappa shape index (κ3) is 4.88. The van der Waals surface area contributed by atoms with E-state index in [4.69, 9.17) is 9.47 Å². The molecule has 4 aromatic carbocycles. The van der Waals surface area contributed by atoms with Crippen molar-refractivity contribution < 1.29 is 14.3 Å². The first-order valence-corrected chi connectivity index (χ1v) is 13.0. The third-order valence-electron chi connectivity index (χ3n) is 7.34. The quantitative estimate of drug-likeness (QED) is 0.291. The summed E-state index contributed by atoms with van der Waals surface area (Å²) in [6.07, 6.45) is 1.21. The molecular formula is C33H30N2O3. The van der Waals surface area contributed by atoms with Gasteiger partial charge in [0.25, 0.3) is 0 Å². The van der Waals surface area contributed by atoms with Gasteiger partial charge in [-0.25, -0.2) is 0 Å². The first-order chi connectivity index (χ1) is 18.7. The Morgan fingerprint density at radius 3 is 2.32 bits per heavy atom. The lowest BCUT2D eigenvalue weighted by atomic mass is 9.78. The minimum atomic E-state index is -0.261. The number of methoxy groups -OCH3 is 1. The van der Waals surface area contributed by atoms with Crippen LogP contribution in [0.15, 0.2) is 114 Å². The summed E-state index contributed by atoms with van der Waals surface area (Å²) in [5.41, 5.74) is 6.99. The zero-order chi connectivity index (χ0) is 25.9. The summed E-state index contributed by atoms with van der Waals surface area (Å²) in [7, 11) is 1.67. The lowest BCUT2D eigenvalue weighted by Gasteiger charge is -2.30. The molecule has 190 valence electrons. The van der Waals surface area contributed by atoms with E-state index >= 15 is 0 Å². The van der Waals surface area contributed by atoms with Gasteiger partial charge in [0.1, 0.15) is 18.1 Å². The summed E-state index contributed by atoms with van der Waals surface area (Å²) in [6, 6.07) is 34.1. The molecule has 6 rings (SSSR count). The molecule has 2 N–H and O–H groups in total. The highest BCUT2D eigenvalue weighted by Gasteiger charge is 2.36. The number of hydrogen-bond acceptors (Lipinski definition) is 5. The number of rotatable bonds is 6. The number of para-hydroxylation sites is 2. The molecular weight excluding hydrogens is 472 g/mol. The van der Waals surface area contributed by atoms with E-state index in [1.165, 1.54) is 0 Å². The second-order valence-corrected chi connectivity index (χ2v) is 9.79. The predicted octanol–water partition coefficient (Wildman–Crippen LogP) is 7.25. The van der Waals surface area contributed by atoms with Crippen LogP contribution in [0.25, 0.3) is 0 Å². The lowest BCUT2D eigenvalue weighted by Crippen LogP contribution is -2.26. The van der Waals surface area contributed by atoms with Gasteiger partial charge in [-0.15, -0.1) is 0 Å². The van der Waals surface area contributed by atoms with Gasteiger partial charge in [0.05, 0.1) is 24.5 Å². The summed E-state index contributed by atoms with van der Waals surface area (Å²) in [5.74, 6) is 1.85. The van der Waals surface area contributed by atoms with Crippen LogP contribution in [0.4, 0.5) is 11.4 Å². The number of nitrogens with one attached hydrogen (secondary N) is 2. The van der Waals surface area contributed by atoms with Crippen molar-refractivity contribution in [3.63, 3.8) is 0 Å². The number of benzene rings is 4. The average Bonchev–Trinajstić information content (AvgIpc) is 3.14. The van der Waals surface area contributed by atoms with Gasteiger partial charge in [0, 0.05) is 17.7 Å². The molecule has 2 aliphatic rings. The van der Waals surface area contributed by atoms with Gasteiger partial charge in [-0.1, -0.05) is 66.7 Å². The van der Waals surface area contributed by atoms with E-state index < -0.39 is 0 Å². The summed E-state index contributed by atoms with van der Waals surface area (Å²) in [5, 5.41) is 7.26. The number of allylic oxidation sites excluding steroid dienone is 1. The second kappa shape index (κ2) is 10.5. The Hall–Kier alpha value is -4.51. The van der Waals surface area contributed by atoms with Gasteiger partial charge in [-0.3, -0.25) is 4.79 Å². The molecule has 1 heterocycles. The number of hydrogen-bond donors (Lipinski definition) is 2. The van der Waals surface area contributed by atoms with E-state index in [-0.39, 0.29) is 17.7 Å². The Morgan fingerprint density at radius 1 is 0.763 bits per heavy atom. The van der Waals surface area contributed by atoms with E-state index in [2.05, 4.69) is 53.1 Å². The minimum absolute atomic E-state index is 0.0866. The number of carbonyl (C=O) groups is 1. The molecule has 0 radical (unpaired) electrons. The van der Waals surface area contributed by atoms with Crippen LogP contribution in [0.5, 0.6) is 11.5 Å². The van der Waals surface area contributed by atoms with Crippen molar-refractivity contribution >= 4 is 17.2 Å². The number of anilines is 2. The van der Waals surface area contributed by atoms with E-state index in [9.17, 15) is 4.79 Å². The molecule has 2 atom stereocenters. The van der Waals surface area contributed by atoms with Crippen LogP contribution < -0.4 is 20.1 Å². The molecule has 5 nitrogen and oxygen atoms in total. The van der Waals surface area contributed by atoms with Crippen molar-refractivity contribution in [3.8, 4) is 11.5 Å². The van der Waals surface area contributed by atoms with Crippen molar-refractivity contribution in [2.45, 2.75) is 31.4 Å². The van der Waals surface area contributed by atoms with Crippen LogP contribution in [-0.4, -0.2) is 12.9 Å². The topological polar surface area (TPSA) is 59.6 Å². The highest BCUT2D eigenvalue weighted by Crippen LogP contribution is 2.44. The van der Waals surface area contributed by atoms with Gasteiger partial charge in [0.15, 0.2) is 5.78 Å². The van der Waals surface area contributed by atoms with Gasteiger partial charge in [-0.05, 0) is 65.4 Å². The van der Waals surface area contributed by atoms with Gasteiger partial charge < -0.3 is 20.1 Å². The SMILES string of the molecule is COc1cccc(C2CC(=O)C3=C(C2)Nc2ccccc2NC3c2ccc(OCc3ccccc3)cc2)c1. The number of fused-ring (bicyclic) bond motifs is 1. The van der Waals surface area contributed by atoms with Gasteiger partial charge in [0.2, 0.25) is 0 Å². The molecule has 0 saturated heterocycles. The van der Waals surface area contributed by atoms with Crippen molar-refractivity contribution in [2.75, 3.05) is 17.7 Å². The molecule has 0 fully saturated rings. The largest absolute Gasteiger partial charge is 0.497 e. The molecule has 0 spiro atoms. The molecule has 0 aromatic heterocycles. The van der Waals surface area contributed by atoms with E-state index in [1.807, 2.05) is 60.7 Å². The Kier molecular flexibility index (Phi) is 6.57. The Morgan fingerprint density at radius 2 is 1.53 bits per heavy atom. The second-order valence-electron chi connectivity index (χ2n) is 9.79. The summed E-state index contributed by atoms with van der Waals surface area (Å²) >= 11 is 0. The van der Waals surface area contributed by atoms with Crippen molar-refractivity contribution in [1.29, 1.82) is 0 Å². The molecule has 5 heteroatoms. The molecule has 4 aromatic rings. The average molecular weight is 503 g/mol. The molecule has 1 aliphatic carbocycles. The highest BCUT2D eigenvalue weighted by atomic mass is 16.5. The zero-order valence-corrected chi connectivity index (χ0v) is 21.3. The summed E-state index contributed by atoms with van der Waals surface area (Å²) in [6.45, 7) is 0.513. The Labute approximate surface area is 223 Å². The van der Waals surface area contributed by atoms with Gasteiger partial charge >= 0.3 is 0 Å². The third-order valence-corrected chi connectivity index (χ3v) is 7.34. The lowest BCUT2D eigenvalue weighted by molar-refractivity contribution is -0.116. The fraction of sp³-hybridized carbons (Fsp3) is 0.182. The fourth-order valence-corrected chi connectivity index (χ4v) is 5.37. The fourth-order valence-electron chi connectivity index (χ4n) is 5.37. The Balaban J connectivity index is 1.31. The van der Waals surface area contributed by atoms with Gasteiger partial charge in [-0.2, -0.15) is 0 Å². The first-order valence-electron chi connectivity index (χ1n) is 13.0. The number of Topliss-reactive ketones (excluding diaryl/α,β-unsaturated/α-hetero) is 1. The normalized spacial score (nSPS) is 18.4. The monoisotopic (exact) mass is 502 g/mol. The molecule has 38 heavy (non-hydrogen) atoms. The van der Waals surface area contributed by atoms with Crippen molar-refractivity contribution in [1.82, 2.24) is 0 Å². The maximum atomic E-state index is 13.8. The van der Waals surface area contributed by atoms with E-state index in [0.717, 1.165) is 57.3 Å². The van der Waals surface area contributed by atoms with Crippen LogP contribution in [0, 0.1) is 0 Å². The highest BCUT2D eigenvalue weighted by molar-refractivity contribution is 6.01. The van der Waals surface area contributed by atoms with Crippen molar-refractivity contribution in [3.05, 3.63) is 131 Å². The standard InChI is InChI=1S/C33H30N2O3/c1-37-27-11-7-10-24(18-27)25-19-30-32(31(36)20-25)33(35-29-13-6-5-12-28(29)34-30)23-14-16-26(17-15-23)38-21-22-8-3-2-4-9-22/h2-18,25,33-35H,19-21H2,1H3. The molecule has 0 amide bonds. The molecule has 2 unspecified atom stereocenters. The smallest absolute Gasteiger partial charge is 0.163 e. The molecule has 0 bridgehead atoms. The van der Waals surface area contributed by atoms with E-state index in [1.54, 1.807) is 7.11 Å². The van der Waals surface area contributed by atoms with Crippen LogP contribution in [0.2, 0.25) is 0 Å². The molecule has 0 saturated carbocycles. The number of carbonyl (C=O) groups excluding carboxylic acids is 1. The predicted molar refractivity (Wildman–Crippen MR) is 151 cm³/mol. The summed E-state index contributed by atoms with van der Waals surface area (Å²) in [4.78, 5) is 13.8. The minimum Gasteiger partial charge on any atom is -0.497 e. The van der Waals surface area contributed by atoms with Crippen LogP contribution in [0.3, 0.4) is 0 Å². The number of ether oxygens (including phenoxy) is 2. The summed E-state index contributed by atoms with van der Waals surface area (Å²) < 4.78 is 11.4. The Bertz CT molecular complexity index is 1480. The molecule has 1 aliphatic heterocycles. The van der Waals surface area contributed by atoms with Crippen molar-refractivity contribution in [2.24, 2.45) is 0 Å². The van der Waals surface area contributed by atoms with Crippen LogP contribution in [-0.2, 0) is 11.4 Å². The zero-order valence-electron chi connectivity index (χ0n) is 21.3.